The summed E-state index contributed by atoms with van der Waals surface area (Å²) in [5.74, 6) is 0. The lowest BCUT2D eigenvalue weighted by Crippen LogP contribution is -2.17. The molecule has 0 fully saturated rings. The highest BCUT2D eigenvalue weighted by Crippen LogP contribution is 2.05. The molecule has 0 aliphatic rings. The van der Waals surface area contributed by atoms with Crippen molar-refractivity contribution >= 4 is 12.5 Å². The first-order valence-electron chi connectivity index (χ1n) is 6.97. The largest absolute Gasteiger partial charge is 0.328 e. The van der Waals surface area contributed by atoms with Crippen LogP contribution in [-0.4, -0.2) is 18.5 Å². The van der Waals surface area contributed by atoms with Gasteiger partial charge in [-0.3, -0.25) is 4.99 Å². The van der Waals surface area contributed by atoms with Crippen LogP contribution in [0.15, 0.2) is 41.5 Å². The first-order chi connectivity index (χ1) is 9.49. The third-order valence-corrected chi connectivity index (χ3v) is 2.38. The molecule has 1 aromatic carbocycles. The van der Waals surface area contributed by atoms with Gasteiger partial charge in [0.05, 0.1) is 0 Å². The second-order valence-corrected chi connectivity index (χ2v) is 4.87. The molecule has 1 aromatic rings. The van der Waals surface area contributed by atoms with E-state index in [1.165, 1.54) is 5.56 Å². The van der Waals surface area contributed by atoms with Gasteiger partial charge in [-0.2, -0.15) is 0 Å². The smallest absolute Gasteiger partial charge is 0.119 e. The number of aldehydes is 1. The molecule has 0 aromatic heterocycles. The van der Waals surface area contributed by atoms with Crippen LogP contribution in [0.4, 0.5) is 0 Å². The fourth-order valence-corrected chi connectivity index (χ4v) is 1.41. The van der Waals surface area contributed by atoms with Crippen LogP contribution < -0.4 is 5.73 Å². The fourth-order valence-electron chi connectivity index (χ4n) is 1.41. The number of nitrogens with zero attached hydrogens (tertiary/aromatic N) is 1. The molecule has 1 rings (SSSR count). The van der Waals surface area contributed by atoms with Crippen molar-refractivity contribution in [3.05, 3.63) is 47.7 Å². The van der Waals surface area contributed by atoms with E-state index in [1.54, 1.807) is 0 Å². The van der Waals surface area contributed by atoms with Gasteiger partial charge >= 0.3 is 0 Å². The predicted octanol–water partition coefficient (Wildman–Crippen LogP) is 3.51. The lowest BCUT2D eigenvalue weighted by molar-refractivity contribution is -0.107. The van der Waals surface area contributed by atoms with Crippen molar-refractivity contribution < 1.29 is 4.79 Å². The lowest BCUT2D eigenvalue weighted by Gasteiger charge is -2.04. The number of hydrogen-bond donors (Lipinski definition) is 1. The summed E-state index contributed by atoms with van der Waals surface area (Å²) in [6, 6.07) is 8.47. The second-order valence-electron chi connectivity index (χ2n) is 4.87. The summed E-state index contributed by atoms with van der Waals surface area (Å²) in [5.41, 5.74) is 8.89. The van der Waals surface area contributed by atoms with Crippen LogP contribution in [0.2, 0.25) is 0 Å². The SMILES string of the molecule is C=C(C)N=Cc1ccc(CC(C)N)cc1.CCCC=O. The molecular formula is C17H26N2O. The van der Waals surface area contributed by atoms with Gasteiger partial charge < -0.3 is 10.5 Å². The van der Waals surface area contributed by atoms with Gasteiger partial charge in [0.1, 0.15) is 6.29 Å². The Kier molecular flexibility index (Phi) is 10.2. The molecule has 0 radical (unpaired) electrons. The third-order valence-electron chi connectivity index (χ3n) is 2.38. The summed E-state index contributed by atoms with van der Waals surface area (Å²) in [4.78, 5) is 13.5. The van der Waals surface area contributed by atoms with Crippen LogP contribution in [-0.2, 0) is 11.2 Å². The molecule has 0 heterocycles. The molecule has 0 spiro atoms. The van der Waals surface area contributed by atoms with E-state index < -0.39 is 0 Å². The van der Waals surface area contributed by atoms with Crippen molar-refractivity contribution in [3.8, 4) is 0 Å². The topological polar surface area (TPSA) is 55.4 Å². The van der Waals surface area contributed by atoms with E-state index in [2.05, 4.69) is 23.7 Å². The molecule has 0 aliphatic heterocycles. The van der Waals surface area contributed by atoms with Crippen molar-refractivity contribution in [2.45, 2.75) is 46.1 Å². The molecule has 20 heavy (non-hydrogen) atoms. The molecular weight excluding hydrogens is 248 g/mol. The highest BCUT2D eigenvalue weighted by molar-refractivity contribution is 5.80. The lowest BCUT2D eigenvalue weighted by atomic mass is 10.1. The minimum atomic E-state index is 0.208. The monoisotopic (exact) mass is 274 g/mol. The minimum absolute atomic E-state index is 0.208. The first kappa shape index (κ1) is 18.3. The molecule has 3 heteroatoms. The average molecular weight is 274 g/mol. The molecule has 110 valence electrons. The fraction of sp³-hybridized carbons (Fsp3) is 0.412. The van der Waals surface area contributed by atoms with Crippen LogP contribution in [0.25, 0.3) is 0 Å². The van der Waals surface area contributed by atoms with E-state index >= 15 is 0 Å². The highest BCUT2D eigenvalue weighted by Gasteiger charge is 1.97. The summed E-state index contributed by atoms with van der Waals surface area (Å²) in [7, 11) is 0. The van der Waals surface area contributed by atoms with Gasteiger partial charge in [-0.1, -0.05) is 37.8 Å². The number of carbonyl (C=O) groups is 1. The van der Waals surface area contributed by atoms with Gasteiger partial charge in [0, 0.05) is 24.4 Å². The molecule has 3 nitrogen and oxygen atoms in total. The summed E-state index contributed by atoms with van der Waals surface area (Å²) in [6.07, 6.45) is 5.35. The van der Waals surface area contributed by atoms with Crippen molar-refractivity contribution in [1.82, 2.24) is 0 Å². The minimum Gasteiger partial charge on any atom is -0.328 e. The average Bonchev–Trinajstić information content (AvgIpc) is 2.39. The van der Waals surface area contributed by atoms with Gasteiger partial charge in [0.25, 0.3) is 0 Å². The van der Waals surface area contributed by atoms with Crippen molar-refractivity contribution in [2.75, 3.05) is 0 Å². The van der Waals surface area contributed by atoms with Crippen LogP contribution >= 0.6 is 0 Å². The number of benzene rings is 1. The number of carbonyl (C=O) groups excluding carboxylic acids is 1. The van der Waals surface area contributed by atoms with Crippen LogP contribution in [0.1, 0.15) is 44.7 Å². The van der Waals surface area contributed by atoms with Crippen molar-refractivity contribution in [1.29, 1.82) is 0 Å². The van der Waals surface area contributed by atoms with Gasteiger partial charge in [-0.15, -0.1) is 0 Å². The molecule has 0 amide bonds. The van der Waals surface area contributed by atoms with E-state index in [0.717, 1.165) is 30.4 Å². The standard InChI is InChI=1S/C13H18N2.C4H8O/c1-10(2)15-9-13-6-4-12(5-7-13)8-11(3)14;1-2-3-4-5/h4-7,9,11H,1,8,14H2,2-3H3;4H,2-3H2,1H3. The van der Waals surface area contributed by atoms with E-state index in [0.29, 0.717) is 6.42 Å². The van der Waals surface area contributed by atoms with Crippen LogP contribution in [0, 0.1) is 0 Å². The maximum Gasteiger partial charge on any atom is 0.119 e. The quantitative estimate of drug-likeness (QED) is 0.637. The van der Waals surface area contributed by atoms with E-state index in [9.17, 15) is 4.79 Å². The Morgan fingerprint density at radius 2 is 2.00 bits per heavy atom. The maximum absolute atomic E-state index is 9.40. The zero-order valence-electron chi connectivity index (χ0n) is 12.8. The number of rotatable bonds is 6. The number of unbranched alkanes of at least 4 members (excludes halogenated alkanes) is 1. The summed E-state index contributed by atoms with van der Waals surface area (Å²) < 4.78 is 0. The summed E-state index contributed by atoms with van der Waals surface area (Å²) in [6.45, 7) is 9.58. The Bertz CT molecular complexity index is 419. The van der Waals surface area contributed by atoms with Crippen molar-refractivity contribution in [3.63, 3.8) is 0 Å². The van der Waals surface area contributed by atoms with Gasteiger partial charge in [0.2, 0.25) is 0 Å². The Morgan fingerprint density at radius 1 is 1.40 bits per heavy atom. The zero-order chi connectivity index (χ0) is 15.4. The molecule has 0 bridgehead atoms. The normalized spacial score (nSPS) is 11.6. The van der Waals surface area contributed by atoms with Gasteiger partial charge in [-0.25, -0.2) is 0 Å². The number of hydrogen-bond acceptors (Lipinski definition) is 3. The van der Waals surface area contributed by atoms with E-state index in [-0.39, 0.29) is 6.04 Å². The number of nitrogens with two attached hydrogens (primary N) is 1. The molecule has 2 N–H and O–H groups in total. The van der Waals surface area contributed by atoms with Crippen LogP contribution in [0.5, 0.6) is 0 Å². The highest BCUT2D eigenvalue weighted by atomic mass is 16.1. The Morgan fingerprint density at radius 3 is 2.35 bits per heavy atom. The third kappa shape index (κ3) is 10.2. The Labute approximate surface area is 122 Å². The molecule has 1 unspecified atom stereocenters. The number of allylic oxidation sites excluding steroid dienone is 1. The molecule has 1 atom stereocenters. The van der Waals surface area contributed by atoms with Crippen LogP contribution in [0.3, 0.4) is 0 Å². The van der Waals surface area contributed by atoms with Gasteiger partial charge in [0.15, 0.2) is 0 Å². The summed E-state index contributed by atoms with van der Waals surface area (Å²) in [5, 5.41) is 0. The van der Waals surface area contributed by atoms with Gasteiger partial charge in [-0.05, 0) is 37.8 Å². The van der Waals surface area contributed by atoms with E-state index in [4.69, 9.17) is 5.73 Å². The predicted molar refractivity (Wildman–Crippen MR) is 87.2 cm³/mol. The van der Waals surface area contributed by atoms with Crippen molar-refractivity contribution in [2.24, 2.45) is 10.7 Å². The maximum atomic E-state index is 9.40. The Balaban J connectivity index is 0.000000621. The first-order valence-corrected chi connectivity index (χ1v) is 6.97. The molecule has 0 saturated heterocycles. The zero-order valence-corrected chi connectivity index (χ0v) is 12.8. The molecule has 0 saturated carbocycles. The second kappa shape index (κ2) is 11.1. The Hall–Kier alpha value is -1.74. The van der Waals surface area contributed by atoms with E-state index in [1.807, 2.05) is 39.1 Å². The number of aliphatic imine (C=N–C) groups is 1. The molecule has 0 aliphatic carbocycles. The summed E-state index contributed by atoms with van der Waals surface area (Å²) >= 11 is 0.